The van der Waals surface area contributed by atoms with Crippen LogP contribution < -0.4 is 15.5 Å². The molecule has 0 atom stereocenters. The SMILES string of the molecule is Cc1ccc(NC(=O)c2nnc(C(=O)NCc3ccc(N(C)C)cc3)s2)cc1. The van der Waals surface area contributed by atoms with E-state index in [9.17, 15) is 9.59 Å². The van der Waals surface area contributed by atoms with Gasteiger partial charge < -0.3 is 15.5 Å². The van der Waals surface area contributed by atoms with Crippen LogP contribution in [0.5, 0.6) is 0 Å². The van der Waals surface area contributed by atoms with Crippen molar-refractivity contribution < 1.29 is 9.59 Å². The Bertz CT molecular complexity index is 965. The van der Waals surface area contributed by atoms with Crippen molar-refractivity contribution in [3.63, 3.8) is 0 Å². The molecule has 0 saturated carbocycles. The normalized spacial score (nSPS) is 10.4. The Morgan fingerprint density at radius 2 is 1.54 bits per heavy atom. The molecule has 0 unspecified atom stereocenters. The number of nitrogens with one attached hydrogen (secondary N) is 2. The highest BCUT2D eigenvalue weighted by molar-refractivity contribution is 7.15. The molecule has 144 valence electrons. The molecule has 28 heavy (non-hydrogen) atoms. The third kappa shape index (κ3) is 4.92. The van der Waals surface area contributed by atoms with Gasteiger partial charge >= 0.3 is 0 Å². The van der Waals surface area contributed by atoms with E-state index in [1.165, 1.54) is 0 Å². The van der Waals surface area contributed by atoms with E-state index in [4.69, 9.17) is 0 Å². The maximum atomic E-state index is 12.3. The highest BCUT2D eigenvalue weighted by Gasteiger charge is 2.17. The van der Waals surface area contributed by atoms with E-state index in [1.54, 1.807) is 0 Å². The molecule has 0 aliphatic heterocycles. The predicted octanol–water partition coefficient (Wildman–Crippen LogP) is 3.09. The Hall–Kier alpha value is -3.26. The van der Waals surface area contributed by atoms with E-state index in [-0.39, 0.29) is 21.8 Å². The van der Waals surface area contributed by atoms with Crippen LogP contribution >= 0.6 is 11.3 Å². The average molecular weight is 395 g/mol. The number of hydrogen-bond donors (Lipinski definition) is 2. The molecule has 0 aliphatic carbocycles. The molecular weight excluding hydrogens is 374 g/mol. The van der Waals surface area contributed by atoms with E-state index < -0.39 is 0 Å². The minimum atomic E-state index is -0.389. The van der Waals surface area contributed by atoms with Crippen molar-refractivity contribution in [2.75, 3.05) is 24.3 Å². The van der Waals surface area contributed by atoms with E-state index in [0.29, 0.717) is 12.2 Å². The number of aryl methyl sites for hydroxylation is 1. The van der Waals surface area contributed by atoms with Gasteiger partial charge in [-0.3, -0.25) is 9.59 Å². The first-order valence-corrected chi connectivity index (χ1v) is 9.50. The number of rotatable bonds is 6. The molecular formula is C20H21N5O2S. The van der Waals surface area contributed by atoms with Crippen molar-refractivity contribution in [1.82, 2.24) is 15.5 Å². The lowest BCUT2D eigenvalue weighted by molar-refractivity contribution is 0.0948. The summed E-state index contributed by atoms with van der Waals surface area (Å²) in [7, 11) is 3.94. The molecule has 2 aromatic carbocycles. The van der Waals surface area contributed by atoms with Gasteiger partial charge in [0, 0.05) is 32.0 Å². The molecule has 3 rings (SSSR count). The van der Waals surface area contributed by atoms with Crippen molar-refractivity contribution in [1.29, 1.82) is 0 Å². The van der Waals surface area contributed by atoms with Crippen molar-refractivity contribution in [3.8, 4) is 0 Å². The topological polar surface area (TPSA) is 87.2 Å². The molecule has 0 aliphatic rings. The lowest BCUT2D eigenvalue weighted by Crippen LogP contribution is -2.22. The van der Waals surface area contributed by atoms with Crippen LogP contribution in [-0.4, -0.2) is 36.1 Å². The van der Waals surface area contributed by atoms with Crippen molar-refractivity contribution in [2.45, 2.75) is 13.5 Å². The monoisotopic (exact) mass is 395 g/mol. The third-order valence-corrected chi connectivity index (χ3v) is 4.95. The van der Waals surface area contributed by atoms with Crippen molar-refractivity contribution >= 4 is 34.5 Å². The Morgan fingerprint density at radius 1 is 0.929 bits per heavy atom. The summed E-state index contributed by atoms with van der Waals surface area (Å²) >= 11 is 0.960. The minimum Gasteiger partial charge on any atom is -0.378 e. The molecule has 0 fully saturated rings. The highest BCUT2D eigenvalue weighted by atomic mass is 32.1. The number of carbonyl (C=O) groups excluding carboxylic acids is 2. The van der Waals surface area contributed by atoms with Crippen molar-refractivity contribution in [3.05, 3.63) is 69.7 Å². The zero-order valence-corrected chi connectivity index (χ0v) is 16.7. The van der Waals surface area contributed by atoms with Crippen LogP contribution in [0, 0.1) is 6.92 Å². The fourth-order valence-corrected chi connectivity index (χ4v) is 3.05. The standard InChI is InChI=1S/C20H21N5O2S/c1-13-4-8-15(9-5-13)22-18(27)20-24-23-19(28-20)17(26)21-12-14-6-10-16(11-7-14)25(2)3/h4-11H,12H2,1-3H3,(H,21,26)(H,22,27). The number of amides is 2. The van der Waals surface area contributed by atoms with Gasteiger partial charge in [0.1, 0.15) is 0 Å². The third-order valence-electron chi connectivity index (χ3n) is 4.03. The van der Waals surface area contributed by atoms with E-state index in [0.717, 1.165) is 28.2 Å². The summed E-state index contributed by atoms with van der Waals surface area (Å²) in [4.78, 5) is 26.6. The van der Waals surface area contributed by atoms with E-state index >= 15 is 0 Å². The first kappa shape index (κ1) is 19.5. The average Bonchev–Trinajstić information content (AvgIpc) is 3.19. The van der Waals surface area contributed by atoms with Gasteiger partial charge in [0.2, 0.25) is 10.0 Å². The van der Waals surface area contributed by atoms with E-state index in [1.807, 2.05) is 74.4 Å². The summed E-state index contributed by atoms with van der Waals surface area (Å²) in [6.07, 6.45) is 0. The summed E-state index contributed by atoms with van der Waals surface area (Å²) in [5.74, 6) is -0.747. The fourth-order valence-electron chi connectivity index (χ4n) is 2.40. The van der Waals surface area contributed by atoms with Gasteiger partial charge in [-0.05, 0) is 36.8 Å². The molecule has 0 spiro atoms. The van der Waals surface area contributed by atoms with Crippen molar-refractivity contribution in [2.24, 2.45) is 0 Å². The molecule has 0 bridgehead atoms. The second-order valence-corrected chi connectivity index (χ2v) is 7.45. The lowest BCUT2D eigenvalue weighted by Gasteiger charge is -2.12. The van der Waals surface area contributed by atoms with Gasteiger partial charge in [0.05, 0.1) is 0 Å². The summed E-state index contributed by atoms with van der Waals surface area (Å²) in [5.41, 5.74) is 3.83. The van der Waals surface area contributed by atoms with Gasteiger partial charge in [-0.2, -0.15) is 0 Å². The zero-order chi connectivity index (χ0) is 20.1. The minimum absolute atomic E-state index is 0.140. The number of carbonyl (C=O) groups is 2. The Morgan fingerprint density at radius 3 is 2.14 bits per heavy atom. The Kier molecular flexibility index (Phi) is 6.00. The molecule has 3 aromatic rings. The summed E-state index contributed by atoms with van der Waals surface area (Å²) in [5, 5.41) is 13.5. The summed E-state index contributed by atoms with van der Waals surface area (Å²) in [6.45, 7) is 2.34. The molecule has 2 amide bonds. The van der Waals surface area contributed by atoms with Crippen LogP contribution in [-0.2, 0) is 6.54 Å². The number of benzene rings is 2. The molecule has 2 N–H and O–H groups in total. The number of nitrogens with zero attached hydrogens (tertiary/aromatic N) is 3. The van der Waals surface area contributed by atoms with E-state index in [2.05, 4.69) is 20.8 Å². The molecule has 0 saturated heterocycles. The maximum Gasteiger partial charge on any atom is 0.286 e. The van der Waals surface area contributed by atoms with Gasteiger partial charge in [0.15, 0.2) is 0 Å². The van der Waals surface area contributed by atoms with Gasteiger partial charge in [0.25, 0.3) is 11.8 Å². The molecule has 1 aromatic heterocycles. The van der Waals surface area contributed by atoms with Crippen LogP contribution in [0.2, 0.25) is 0 Å². The second kappa shape index (κ2) is 8.62. The lowest BCUT2D eigenvalue weighted by atomic mass is 10.2. The molecule has 7 nitrogen and oxygen atoms in total. The Labute approximate surface area is 167 Å². The number of anilines is 2. The van der Waals surface area contributed by atoms with Gasteiger partial charge in [-0.15, -0.1) is 10.2 Å². The van der Waals surface area contributed by atoms with Crippen LogP contribution in [0.1, 0.15) is 30.7 Å². The Balaban J connectivity index is 1.57. The number of hydrogen-bond acceptors (Lipinski definition) is 6. The summed E-state index contributed by atoms with van der Waals surface area (Å²) in [6, 6.07) is 15.3. The van der Waals surface area contributed by atoms with Crippen LogP contribution in [0.15, 0.2) is 48.5 Å². The van der Waals surface area contributed by atoms with Crippen LogP contribution in [0.25, 0.3) is 0 Å². The first-order valence-electron chi connectivity index (χ1n) is 8.68. The highest BCUT2D eigenvalue weighted by Crippen LogP contribution is 2.15. The van der Waals surface area contributed by atoms with Crippen LogP contribution in [0.4, 0.5) is 11.4 Å². The van der Waals surface area contributed by atoms with Gasteiger partial charge in [-0.1, -0.05) is 41.2 Å². The zero-order valence-electron chi connectivity index (χ0n) is 15.9. The smallest absolute Gasteiger partial charge is 0.286 e. The fraction of sp³-hybridized carbons (Fsp3) is 0.200. The molecule has 8 heteroatoms. The first-order chi connectivity index (χ1) is 13.4. The number of aromatic nitrogens is 2. The van der Waals surface area contributed by atoms with Crippen LogP contribution in [0.3, 0.4) is 0 Å². The molecule has 1 heterocycles. The quantitative estimate of drug-likeness (QED) is 0.670. The largest absolute Gasteiger partial charge is 0.378 e. The summed E-state index contributed by atoms with van der Waals surface area (Å²) < 4.78 is 0. The maximum absolute atomic E-state index is 12.3. The molecule has 0 radical (unpaired) electrons. The predicted molar refractivity (Wildman–Crippen MR) is 111 cm³/mol. The second-order valence-electron chi connectivity index (χ2n) is 6.48. The van der Waals surface area contributed by atoms with Gasteiger partial charge in [-0.25, -0.2) is 0 Å².